The molecule has 1 aliphatic rings. The van der Waals surface area contributed by atoms with Crippen molar-refractivity contribution in [2.75, 3.05) is 13.1 Å². The molecule has 1 atom stereocenters. The fraction of sp³-hybridized carbons (Fsp3) is 0.217. The fourth-order valence-corrected chi connectivity index (χ4v) is 3.67. The number of hydrogen-bond acceptors (Lipinski definition) is 2. The van der Waals surface area contributed by atoms with Crippen molar-refractivity contribution in [3.05, 3.63) is 89.7 Å². The van der Waals surface area contributed by atoms with Gasteiger partial charge in [-0.15, -0.1) is 0 Å². The van der Waals surface area contributed by atoms with Crippen molar-refractivity contribution in [2.24, 2.45) is 0 Å². The number of nitrogens with zero attached hydrogens (tertiary/aromatic N) is 2. The third kappa shape index (κ3) is 4.16. The Morgan fingerprint density at radius 3 is 2.21 bits per heavy atom. The molecule has 3 aromatic rings. The molecule has 3 nitrogen and oxygen atoms in total. The first-order valence-electron chi connectivity index (χ1n) is 9.39. The molecule has 0 aliphatic carbocycles. The molecule has 6 heteroatoms. The summed E-state index contributed by atoms with van der Waals surface area (Å²) in [4.78, 5) is 18.8. The number of alkyl halides is 3. The van der Waals surface area contributed by atoms with Gasteiger partial charge < -0.3 is 4.90 Å². The zero-order valence-corrected chi connectivity index (χ0v) is 15.6. The van der Waals surface area contributed by atoms with Crippen LogP contribution in [0, 0.1) is 0 Å². The van der Waals surface area contributed by atoms with Gasteiger partial charge in [0.05, 0.1) is 5.56 Å². The normalized spacial score (nSPS) is 16.8. The van der Waals surface area contributed by atoms with Crippen molar-refractivity contribution >= 4 is 5.91 Å². The molecule has 0 N–H and O–H groups in total. The van der Waals surface area contributed by atoms with E-state index in [1.165, 1.54) is 12.1 Å². The van der Waals surface area contributed by atoms with Gasteiger partial charge in [0.1, 0.15) is 0 Å². The average molecular weight is 396 g/mol. The molecule has 1 unspecified atom stereocenters. The molecule has 1 saturated heterocycles. The third-order valence-corrected chi connectivity index (χ3v) is 5.31. The molecule has 1 aliphatic heterocycles. The van der Waals surface area contributed by atoms with Crippen LogP contribution in [-0.2, 0) is 6.18 Å². The van der Waals surface area contributed by atoms with Crippen molar-refractivity contribution in [1.82, 2.24) is 9.88 Å². The van der Waals surface area contributed by atoms with Gasteiger partial charge in [-0.1, -0.05) is 30.3 Å². The van der Waals surface area contributed by atoms with E-state index in [1.54, 1.807) is 30.5 Å². The van der Waals surface area contributed by atoms with Gasteiger partial charge in [0, 0.05) is 37.0 Å². The highest BCUT2D eigenvalue weighted by atomic mass is 19.4. The molecule has 1 fully saturated rings. The smallest absolute Gasteiger partial charge is 0.338 e. The monoisotopic (exact) mass is 396 g/mol. The fourth-order valence-electron chi connectivity index (χ4n) is 3.67. The summed E-state index contributed by atoms with van der Waals surface area (Å²) < 4.78 is 38.1. The Labute approximate surface area is 166 Å². The zero-order chi connectivity index (χ0) is 20.4. The van der Waals surface area contributed by atoms with Gasteiger partial charge in [-0.05, 0) is 53.4 Å². The average Bonchev–Trinajstić information content (AvgIpc) is 3.24. The van der Waals surface area contributed by atoms with Crippen LogP contribution in [0.2, 0.25) is 0 Å². The number of carbonyl (C=O) groups excluding carboxylic acids is 1. The number of likely N-dealkylation sites (tertiary alicyclic amines) is 1. The molecule has 1 amide bonds. The lowest BCUT2D eigenvalue weighted by Gasteiger charge is -2.17. The van der Waals surface area contributed by atoms with Gasteiger partial charge in [-0.2, -0.15) is 13.2 Å². The number of pyridine rings is 1. The summed E-state index contributed by atoms with van der Waals surface area (Å²) in [5.41, 5.74) is 2.48. The van der Waals surface area contributed by atoms with Crippen LogP contribution in [0.4, 0.5) is 13.2 Å². The Hall–Kier alpha value is -3.15. The second-order valence-electron chi connectivity index (χ2n) is 7.18. The van der Waals surface area contributed by atoms with Crippen LogP contribution in [0.15, 0.2) is 73.1 Å². The molecule has 29 heavy (non-hydrogen) atoms. The highest BCUT2D eigenvalue weighted by molar-refractivity contribution is 5.95. The maximum atomic E-state index is 12.8. The van der Waals surface area contributed by atoms with E-state index in [0.717, 1.165) is 29.7 Å². The molecule has 0 radical (unpaired) electrons. The van der Waals surface area contributed by atoms with Crippen molar-refractivity contribution in [3.8, 4) is 11.1 Å². The van der Waals surface area contributed by atoms with Crippen LogP contribution in [-0.4, -0.2) is 28.9 Å². The van der Waals surface area contributed by atoms with Gasteiger partial charge in [-0.25, -0.2) is 0 Å². The lowest BCUT2D eigenvalue weighted by atomic mass is 10.0. The molecule has 0 spiro atoms. The molecule has 2 heterocycles. The Morgan fingerprint density at radius 2 is 1.62 bits per heavy atom. The van der Waals surface area contributed by atoms with Gasteiger partial charge in [0.25, 0.3) is 5.91 Å². The molecule has 4 rings (SSSR count). The molecular weight excluding hydrogens is 377 g/mol. The highest BCUT2D eigenvalue weighted by Crippen LogP contribution is 2.31. The van der Waals surface area contributed by atoms with Gasteiger partial charge in [-0.3, -0.25) is 9.78 Å². The maximum Gasteiger partial charge on any atom is 0.416 e. The SMILES string of the molecule is O=C(c1ccc(-c2ccc(C(F)(F)F)cc2)cc1)N1CCC(c2cccnc2)C1. The molecule has 0 bridgehead atoms. The first-order chi connectivity index (χ1) is 13.9. The lowest BCUT2D eigenvalue weighted by molar-refractivity contribution is -0.137. The van der Waals surface area contributed by atoms with E-state index in [4.69, 9.17) is 0 Å². The van der Waals surface area contributed by atoms with Crippen LogP contribution >= 0.6 is 0 Å². The Bertz CT molecular complexity index is 983. The van der Waals surface area contributed by atoms with E-state index >= 15 is 0 Å². The van der Waals surface area contributed by atoms with E-state index in [1.807, 2.05) is 23.2 Å². The standard InChI is InChI=1S/C23H19F3N2O/c24-23(25,26)21-9-7-17(8-10-21)16-3-5-18(6-4-16)22(29)28-13-11-20(15-28)19-2-1-12-27-14-19/h1-10,12,14,20H,11,13,15H2. The van der Waals surface area contributed by atoms with Crippen LogP contribution in [0.1, 0.15) is 33.8 Å². The van der Waals surface area contributed by atoms with E-state index in [2.05, 4.69) is 4.98 Å². The quantitative estimate of drug-likeness (QED) is 0.594. The van der Waals surface area contributed by atoms with Crippen molar-refractivity contribution < 1.29 is 18.0 Å². The zero-order valence-electron chi connectivity index (χ0n) is 15.6. The van der Waals surface area contributed by atoms with E-state index in [-0.39, 0.29) is 5.91 Å². The third-order valence-electron chi connectivity index (χ3n) is 5.31. The Morgan fingerprint density at radius 1 is 0.966 bits per heavy atom. The van der Waals surface area contributed by atoms with Gasteiger partial charge in [0.2, 0.25) is 0 Å². The van der Waals surface area contributed by atoms with Crippen LogP contribution in [0.3, 0.4) is 0 Å². The maximum absolute atomic E-state index is 12.8. The van der Waals surface area contributed by atoms with Gasteiger partial charge in [0.15, 0.2) is 0 Å². The van der Waals surface area contributed by atoms with Crippen molar-refractivity contribution in [3.63, 3.8) is 0 Å². The second kappa shape index (κ2) is 7.70. The number of rotatable bonds is 3. The number of hydrogen-bond donors (Lipinski definition) is 0. The minimum Gasteiger partial charge on any atom is -0.338 e. The number of benzene rings is 2. The Kier molecular flexibility index (Phi) is 5.09. The summed E-state index contributed by atoms with van der Waals surface area (Å²) in [5, 5.41) is 0. The number of carbonyl (C=O) groups is 1. The van der Waals surface area contributed by atoms with E-state index in [0.29, 0.717) is 30.1 Å². The lowest BCUT2D eigenvalue weighted by Crippen LogP contribution is -2.28. The first-order valence-corrected chi connectivity index (χ1v) is 9.39. The number of halogens is 3. The summed E-state index contributed by atoms with van der Waals surface area (Å²) in [6.45, 7) is 1.35. The van der Waals surface area contributed by atoms with Crippen molar-refractivity contribution in [2.45, 2.75) is 18.5 Å². The minimum atomic E-state index is -4.35. The predicted octanol–water partition coefficient (Wildman–Crippen LogP) is 5.40. The number of aromatic nitrogens is 1. The van der Waals surface area contributed by atoms with Crippen molar-refractivity contribution in [1.29, 1.82) is 0 Å². The summed E-state index contributed by atoms with van der Waals surface area (Å²) in [5.74, 6) is 0.259. The minimum absolute atomic E-state index is 0.0321. The molecule has 148 valence electrons. The molecule has 0 saturated carbocycles. The van der Waals surface area contributed by atoms with E-state index < -0.39 is 11.7 Å². The van der Waals surface area contributed by atoms with E-state index in [9.17, 15) is 18.0 Å². The first kappa shape index (κ1) is 19.2. The topological polar surface area (TPSA) is 33.2 Å². The molecule has 2 aromatic carbocycles. The summed E-state index contributed by atoms with van der Waals surface area (Å²) in [6, 6.07) is 15.9. The second-order valence-corrected chi connectivity index (χ2v) is 7.18. The van der Waals surface area contributed by atoms with Crippen LogP contribution in [0.5, 0.6) is 0 Å². The number of amides is 1. The summed E-state index contributed by atoms with van der Waals surface area (Å²) in [6.07, 6.45) is 0.135. The molecular formula is C23H19F3N2O. The largest absolute Gasteiger partial charge is 0.416 e. The highest BCUT2D eigenvalue weighted by Gasteiger charge is 2.30. The summed E-state index contributed by atoms with van der Waals surface area (Å²) >= 11 is 0. The summed E-state index contributed by atoms with van der Waals surface area (Å²) in [7, 11) is 0. The van der Waals surface area contributed by atoms with Gasteiger partial charge >= 0.3 is 6.18 Å². The van der Waals surface area contributed by atoms with Crippen LogP contribution < -0.4 is 0 Å². The Balaban J connectivity index is 1.45. The predicted molar refractivity (Wildman–Crippen MR) is 104 cm³/mol. The van der Waals surface area contributed by atoms with Crippen LogP contribution in [0.25, 0.3) is 11.1 Å². The molecule has 1 aromatic heterocycles.